The van der Waals surface area contributed by atoms with Gasteiger partial charge in [0.2, 0.25) is 5.91 Å². The molecule has 2 aliphatic heterocycles. The second kappa shape index (κ2) is 13.3. The summed E-state index contributed by atoms with van der Waals surface area (Å²) in [6, 6.07) is -0.212. The van der Waals surface area contributed by atoms with Crippen LogP contribution in [0.25, 0.3) is 6.08 Å². The molecule has 1 fully saturated rings. The molecule has 0 spiro atoms. The molecule has 0 bridgehead atoms. The quantitative estimate of drug-likeness (QED) is 0.166. The SMILES string of the molecule is C=CC1=C(C)[C@@H](Cc2[nH]c(Cc3[nH]c(/C=C4/NC(=O)[C@H](C)[C@H]4[C@H](C)S)c(C)c3CCC(=O)O)c(CCC(=O)O)c2C)NC1=O. The van der Waals surface area contributed by atoms with Crippen LogP contribution in [0.3, 0.4) is 0 Å². The first kappa shape index (κ1) is 32.9. The number of hydrogen-bond acceptors (Lipinski definition) is 5. The number of aliphatic carboxylic acids is 2. The third-order valence-electron chi connectivity index (χ3n) is 9.12. The van der Waals surface area contributed by atoms with E-state index in [1.54, 1.807) is 6.08 Å². The number of thiol groups is 1. The number of rotatable bonds is 13. The summed E-state index contributed by atoms with van der Waals surface area (Å²) in [5.74, 6) is -2.34. The van der Waals surface area contributed by atoms with Crippen molar-refractivity contribution in [1.29, 1.82) is 0 Å². The summed E-state index contributed by atoms with van der Waals surface area (Å²) < 4.78 is 0. The lowest BCUT2D eigenvalue weighted by atomic mass is 9.91. The monoisotopic (exact) mass is 622 g/mol. The minimum atomic E-state index is -0.904. The molecule has 11 heteroatoms. The first-order chi connectivity index (χ1) is 20.7. The molecule has 2 aromatic rings. The topological polar surface area (TPSA) is 164 Å². The van der Waals surface area contributed by atoms with E-state index in [-0.39, 0.29) is 47.8 Å². The van der Waals surface area contributed by atoms with Crippen LogP contribution in [0.1, 0.15) is 78.6 Å². The van der Waals surface area contributed by atoms with E-state index in [0.29, 0.717) is 31.3 Å². The maximum Gasteiger partial charge on any atom is 0.303 e. The van der Waals surface area contributed by atoms with Crippen molar-refractivity contribution in [2.24, 2.45) is 11.8 Å². The lowest BCUT2D eigenvalue weighted by Crippen LogP contribution is -2.30. The number of aromatic amines is 2. The summed E-state index contributed by atoms with van der Waals surface area (Å²) in [4.78, 5) is 55.0. The van der Waals surface area contributed by atoms with Crippen molar-refractivity contribution in [3.05, 3.63) is 74.5 Å². The van der Waals surface area contributed by atoms with E-state index in [9.17, 15) is 29.4 Å². The number of H-pyrrole nitrogens is 2. The van der Waals surface area contributed by atoms with Gasteiger partial charge in [-0.15, -0.1) is 0 Å². The third-order valence-corrected chi connectivity index (χ3v) is 9.44. The Morgan fingerprint density at radius 2 is 1.57 bits per heavy atom. The van der Waals surface area contributed by atoms with Crippen LogP contribution in [-0.4, -0.2) is 55.2 Å². The zero-order valence-corrected chi connectivity index (χ0v) is 26.8. The fourth-order valence-electron chi connectivity index (χ4n) is 6.56. The van der Waals surface area contributed by atoms with Crippen molar-refractivity contribution in [3.8, 4) is 0 Å². The molecule has 44 heavy (non-hydrogen) atoms. The van der Waals surface area contributed by atoms with Gasteiger partial charge in [0.1, 0.15) is 0 Å². The molecule has 2 amide bonds. The normalized spacial score (nSPS) is 21.6. The van der Waals surface area contributed by atoms with Crippen molar-refractivity contribution in [1.82, 2.24) is 20.6 Å². The Hall–Kier alpha value is -3.99. The van der Waals surface area contributed by atoms with E-state index >= 15 is 0 Å². The molecule has 4 heterocycles. The highest BCUT2D eigenvalue weighted by Crippen LogP contribution is 2.35. The van der Waals surface area contributed by atoms with Crippen LogP contribution in [0.5, 0.6) is 0 Å². The summed E-state index contributed by atoms with van der Waals surface area (Å²) in [6.45, 7) is 13.4. The van der Waals surface area contributed by atoms with Crippen LogP contribution in [0, 0.1) is 25.7 Å². The predicted octanol–water partition coefficient (Wildman–Crippen LogP) is 4.17. The molecule has 4 rings (SSSR count). The average Bonchev–Trinajstić information content (AvgIpc) is 3.59. The number of carboxylic acid groups (broad SMARTS) is 2. The van der Waals surface area contributed by atoms with Gasteiger partial charge in [0.05, 0.1) is 6.04 Å². The average molecular weight is 623 g/mol. The number of allylic oxidation sites excluding steroid dienone is 1. The van der Waals surface area contributed by atoms with Gasteiger partial charge in [0, 0.05) is 76.8 Å². The maximum absolute atomic E-state index is 12.5. The fourth-order valence-corrected chi connectivity index (χ4v) is 6.98. The van der Waals surface area contributed by atoms with Crippen LogP contribution in [0.2, 0.25) is 0 Å². The largest absolute Gasteiger partial charge is 0.481 e. The van der Waals surface area contributed by atoms with Crippen molar-refractivity contribution in [2.45, 2.75) is 84.4 Å². The van der Waals surface area contributed by atoms with Gasteiger partial charge < -0.3 is 30.8 Å². The van der Waals surface area contributed by atoms with Crippen molar-refractivity contribution in [3.63, 3.8) is 0 Å². The number of amides is 2. The highest BCUT2D eigenvalue weighted by Gasteiger charge is 2.38. The lowest BCUT2D eigenvalue weighted by Gasteiger charge is -2.17. The van der Waals surface area contributed by atoms with E-state index < -0.39 is 11.9 Å². The van der Waals surface area contributed by atoms with Gasteiger partial charge in [-0.1, -0.05) is 26.5 Å². The summed E-state index contributed by atoms with van der Waals surface area (Å²) in [5, 5.41) is 24.9. The molecule has 10 nitrogen and oxygen atoms in total. The van der Waals surface area contributed by atoms with E-state index in [0.717, 1.165) is 56.3 Å². The van der Waals surface area contributed by atoms with Gasteiger partial charge in [-0.3, -0.25) is 19.2 Å². The summed E-state index contributed by atoms with van der Waals surface area (Å²) in [5.41, 5.74) is 9.22. The highest BCUT2D eigenvalue weighted by atomic mass is 32.1. The number of carboxylic acids is 2. The molecule has 4 atom stereocenters. The smallest absolute Gasteiger partial charge is 0.303 e. The Bertz CT molecular complexity index is 1580. The standard InChI is InChI=1S/C33H42N4O6S/c1-7-20-15(2)25(36-33(20)43)12-23-16(3)21(8-10-29(38)39)26(34-23)14-27-22(9-11-30(40)41)17(4)24(35-27)13-28-31(19(6)44)18(5)32(42)37-28/h7,13,18-19,25,31,34-35,44H,1,8-12,14H2,2-6H3,(H,36,43)(H,37,42)(H,38,39)(H,40,41)/b28-13+/t18-,19+,25-,31+/m1/s1. The highest BCUT2D eigenvalue weighted by molar-refractivity contribution is 7.80. The second-order valence-corrected chi connectivity index (χ2v) is 12.8. The second-order valence-electron chi connectivity index (χ2n) is 11.9. The number of nitrogens with one attached hydrogen (secondary N) is 4. The van der Waals surface area contributed by atoms with E-state index in [1.165, 1.54) is 0 Å². The third kappa shape index (κ3) is 6.72. The van der Waals surface area contributed by atoms with Crippen LogP contribution in [-0.2, 0) is 44.9 Å². The number of carbonyl (C=O) groups is 4. The molecule has 2 aromatic heterocycles. The van der Waals surface area contributed by atoms with Crippen LogP contribution in [0.4, 0.5) is 0 Å². The molecule has 236 valence electrons. The summed E-state index contributed by atoms with van der Waals surface area (Å²) in [7, 11) is 0. The fraction of sp³-hybridized carbons (Fsp3) is 0.455. The molecule has 0 unspecified atom stereocenters. The van der Waals surface area contributed by atoms with Crippen LogP contribution >= 0.6 is 12.6 Å². The van der Waals surface area contributed by atoms with E-state index in [1.807, 2.05) is 40.7 Å². The molecule has 0 aromatic carbocycles. The van der Waals surface area contributed by atoms with E-state index in [4.69, 9.17) is 0 Å². The van der Waals surface area contributed by atoms with Gasteiger partial charge in [0.15, 0.2) is 0 Å². The minimum absolute atomic E-state index is 0.0427. The number of hydrogen-bond donors (Lipinski definition) is 7. The molecule has 0 aliphatic carbocycles. The van der Waals surface area contributed by atoms with Gasteiger partial charge >= 0.3 is 11.9 Å². The Balaban J connectivity index is 1.75. The Labute approximate surface area is 262 Å². The first-order valence-electron chi connectivity index (χ1n) is 14.9. The van der Waals surface area contributed by atoms with Crippen molar-refractivity contribution in [2.75, 3.05) is 0 Å². The van der Waals surface area contributed by atoms with Crippen LogP contribution < -0.4 is 10.6 Å². The number of aromatic nitrogens is 2. The van der Waals surface area contributed by atoms with Gasteiger partial charge in [-0.05, 0) is 67.5 Å². The molecule has 0 saturated carbocycles. The molecular weight excluding hydrogens is 580 g/mol. The Morgan fingerprint density at radius 3 is 2.11 bits per heavy atom. The Morgan fingerprint density at radius 1 is 0.977 bits per heavy atom. The molecular formula is C33H42N4O6S. The molecule has 6 N–H and O–H groups in total. The molecule has 0 radical (unpaired) electrons. The lowest BCUT2D eigenvalue weighted by molar-refractivity contribution is -0.138. The maximum atomic E-state index is 12.5. The van der Waals surface area contributed by atoms with Crippen molar-refractivity contribution >= 4 is 42.5 Å². The van der Waals surface area contributed by atoms with Gasteiger partial charge in [0.25, 0.3) is 5.91 Å². The predicted molar refractivity (Wildman–Crippen MR) is 172 cm³/mol. The molecule has 1 saturated heterocycles. The zero-order valence-electron chi connectivity index (χ0n) is 25.9. The van der Waals surface area contributed by atoms with Gasteiger partial charge in [-0.2, -0.15) is 12.6 Å². The summed E-state index contributed by atoms with van der Waals surface area (Å²) >= 11 is 4.63. The van der Waals surface area contributed by atoms with E-state index in [2.05, 4.69) is 39.8 Å². The van der Waals surface area contributed by atoms with Crippen LogP contribution in [0.15, 0.2) is 29.5 Å². The van der Waals surface area contributed by atoms with Gasteiger partial charge in [-0.25, -0.2) is 0 Å². The summed E-state index contributed by atoms with van der Waals surface area (Å²) in [6.07, 6.45) is 4.93. The molecule has 2 aliphatic rings. The minimum Gasteiger partial charge on any atom is -0.481 e. The first-order valence-corrected chi connectivity index (χ1v) is 15.4. The number of carbonyl (C=O) groups excluding carboxylic acids is 2. The van der Waals surface area contributed by atoms with Crippen molar-refractivity contribution < 1.29 is 29.4 Å². The zero-order chi connectivity index (χ0) is 32.5. The Kier molecular flexibility index (Phi) is 9.98.